The van der Waals surface area contributed by atoms with Crippen LogP contribution in [0.1, 0.15) is 6.92 Å². The van der Waals surface area contributed by atoms with Gasteiger partial charge in [0.05, 0.1) is 17.1 Å². The molecule has 3 rings (SSSR count). The molecule has 128 valence electrons. The molecule has 0 atom stereocenters. The Morgan fingerprint density at radius 3 is 2.80 bits per heavy atom. The van der Waals surface area contributed by atoms with Gasteiger partial charge in [0.2, 0.25) is 5.89 Å². The first kappa shape index (κ1) is 17.4. The van der Waals surface area contributed by atoms with Gasteiger partial charge in [0.15, 0.2) is 5.75 Å². The van der Waals surface area contributed by atoms with E-state index in [9.17, 15) is 10.1 Å². The lowest BCUT2D eigenvalue weighted by molar-refractivity contribution is -0.385. The molecule has 0 aliphatic heterocycles. The van der Waals surface area contributed by atoms with E-state index < -0.39 is 4.92 Å². The summed E-state index contributed by atoms with van der Waals surface area (Å²) in [6.45, 7) is 2.10. The Balaban J connectivity index is 1.85. The lowest BCUT2D eigenvalue weighted by Gasteiger charge is -2.05. The van der Waals surface area contributed by atoms with Gasteiger partial charge in [-0.05, 0) is 52.8 Å². The highest BCUT2D eigenvalue weighted by Gasteiger charge is 2.17. The van der Waals surface area contributed by atoms with Crippen LogP contribution in [0, 0.1) is 10.1 Å². The standard InChI is InChI=1S/C16H12BrN3O4S/c1-2-23-14-9-10(7-8-13(14)20(21)22)25-16-19-18-15(24-16)11-5-3-4-6-12(11)17/h3-9H,2H2,1H3. The van der Waals surface area contributed by atoms with Gasteiger partial charge in [-0.25, -0.2) is 0 Å². The summed E-state index contributed by atoms with van der Waals surface area (Å²) in [5.74, 6) is 0.602. The van der Waals surface area contributed by atoms with E-state index in [0.717, 1.165) is 10.0 Å². The van der Waals surface area contributed by atoms with Crippen LogP contribution in [0.3, 0.4) is 0 Å². The Bertz CT molecular complexity index is 916. The molecule has 2 aromatic carbocycles. The zero-order valence-corrected chi connectivity index (χ0v) is 15.4. The lowest BCUT2D eigenvalue weighted by Crippen LogP contribution is -1.97. The first-order valence-electron chi connectivity index (χ1n) is 7.26. The van der Waals surface area contributed by atoms with Crippen LogP contribution < -0.4 is 4.74 Å². The van der Waals surface area contributed by atoms with Gasteiger partial charge in [0.1, 0.15) is 0 Å². The minimum atomic E-state index is -0.475. The van der Waals surface area contributed by atoms with Crippen LogP contribution in [0.2, 0.25) is 0 Å². The number of benzene rings is 2. The average Bonchev–Trinajstić information content (AvgIpc) is 3.04. The third-order valence-electron chi connectivity index (χ3n) is 3.14. The van der Waals surface area contributed by atoms with E-state index in [4.69, 9.17) is 9.15 Å². The van der Waals surface area contributed by atoms with Gasteiger partial charge in [-0.3, -0.25) is 10.1 Å². The van der Waals surface area contributed by atoms with Gasteiger partial charge < -0.3 is 9.15 Å². The smallest absolute Gasteiger partial charge is 0.310 e. The quantitative estimate of drug-likeness (QED) is 0.410. The molecule has 0 amide bonds. The summed E-state index contributed by atoms with van der Waals surface area (Å²) in [6, 6.07) is 12.1. The monoisotopic (exact) mass is 421 g/mol. The fourth-order valence-electron chi connectivity index (χ4n) is 2.08. The molecule has 0 unspecified atom stereocenters. The van der Waals surface area contributed by atoms with Crippen LogP contribution in [0.25, 0.3) is 11.5 Å². The molecule has 25 heavy (non-hydrogen) atoms. The minimum Gasteiger partial charge on any atom is -0.487 e. The van der Waals surface area contributed by atoms with Crippen molar-refractivity contribution in [3.8, 4) is 17.2 Å². The Kier molecular flexibility index (Phi) is 5.34. The molecule has 0 spiro atoms. The highest BCUT2D eigenvalue weighted by Crippen LogP contribution is 2.36. The molecule has 1 heterocycles. The molecular formula is C16H12BrN3O4S. The lowest BCUT2D eigenvalue weighted by atomic mass is 10.2. The van der Waals surface area contributed by atoms with Crippen LogP contribution in [0.5, 0.6) is 5.75 Å². The molecule has 0 aliphatic carbocycles. The third-order valence-corrected chi connectivity index (χ3v) is 4.66. The summed E-state index contributed by atoms with van der Waals surface area (Å²) in [5.41, 5.74) is 0.714. The van der Waals surface area contributed by atoms with Crippen LogP contribution in [0.15, 0.2) is 61.5 Å². The normalized spacial score (nSPS) is 10.6. The molecule has 0 radical (unpaired) electrons. The van der Waals surface area contributed by atoms with Crippen molar-refractivity contribution in [1.82, 2.24) is 10.2 Å². The van der Waals surface area contributed by atoms with Gasteiger partial charge in [-0.1, -0.05) is 12.1 Å². The van der Waals surface area contributed by atoms with Gasteiger partial charge in [-0.2, -0.15) is 0 Å². The number of ether oxygens (including phenoxy) is 1. The summed E-state index contributed by atoms with van der Waals surface area (Å²) in [5, 5.41) is 19.4. The Hall–Kier alpha value is -2.39. The number of nitro groups is 1. The molecule has 0 saturated heterocycles. The number of halogens is 1. The van der Waals surface area contributed by atoms with E-state index in [0.29, 0.717) is 22.6 Å². The van der Waals surface area contributed by atoms with E-state index in [1.54, 1.807) is 19.1 Å². The second kappa shape index (κ2) is 7.66. The maximum Gasteiger partial charge on any atom is 0.310 e. The van der Waals surface area contributed by atoms with Crippen LogP contribution in [-0.4, -0.2) is 21.7 Å². The molecule has 7 nitrogen and oxygen atoms in total. The number of hydrogen-bond donors (Lipinski definition) is 0. The van der Waals surface area contributed by atoms with E-state index in [-0.39, 0.29) is 11.4 Å². The highest BCUT2D eigenvalue weighted by atomic mass is 79.9. The molecule has 0 bridgehead atoms. The topological polar surface area (TPSA) is 91.3 Å². The van der Waals surface area contributed by atoms with Gasteiger partial charge in [0, 0.05) is 21.5 Å². The molecular weight excluding hydrogens is 410 g/mol. The predicted molar refractivity (Wildman–Crippen MR) is 95.8 cm³/mol. The molecule has 0 fully saturated rings. The fourth-order valence-corrected chi connectivity index (χ4v) is 3.24. The van der Waals surface area contributed by atoms with Crippen molar-refractivity contribution in [2.45, 2.75) is 17.0 Å². The number of hydrogen-bond acceptors (Lipinski definition) is 7. The number of nitro benzene ring substituents is 1. The Morgan fingerprint density at radius 1 is 1.28 bits per heavy atom. The summed E-state index contributed by atoms with van der Waals surface area (Å²) in [6.07, 6.45) is 0. The summed E-state index contributed by atoms with van der Waals surface area (Å²) in [7, 11) is 0. The highest BCUT2D eigenvalue weighted by molar-refractivity contribution is 9.10. The molecule has 1 aromatic heterocycles. The Labute approximate surface area is 155 Å². The van der Waals surface area contributed by atoms with Gasteiger partial charge in [0.25, 0.3) is 5.22 Å². The van der Waals surface area contributed by atoms with Crippen molar-refractivity contribution in [3.05, 3.63) is 57.1 Å². The molecule has 3 aromatic rings. The van der Waals surface area contributed by atoms with E-state index in [1.807, 2.05) is 24.3 Å². The SMILES string of the molecule is CCOc1cc(Sc2nnc(-c3ccccc3Br)o2)ccc1[N+](=O)[O-]. The van der Waals surface area contributed by atoms with Crippen LogP contribution in [-0.2, 0) is 0 Å². The predicted octanol–water partition coefficient (Wildman–Crippen LogP) is 4.96. The van der Waals surface area contributed by atoms with Gasteiger partial charge >= 0.3 is 5.69 Å². The second-order valence-corrected chi connectivity index (χ2v) is 6.65. The van der Waals surface area contributed by atoms with Crippen molar-refractivity contribution in [3.63, 3.8) is 0 Å². The van der Waals surface area contributed by atoms with E-state index in [1.165, 1.54) is 17.8 Å². The second-order valence-electron chi connectivity index (χ2n) is 4.77. The Morgan fingerprint density at radius 2 is 2.08 bits per heavy atom. The first-order chi connectivity index (χ1) is 12.1. The van der Waals surface area contributed by atoms with Crippen LogP contribution >= 0.6 is 27.7 Å². The maximum absolute atomic E-state index is 11.0. The van der Waals surface area contributed by atoms with Crippen molar-refractivity contribution in [2.24, 2.45) is 0 Å². The maximum atomic E-state index is 11.0. The van der Waals surface area contributed by atoms with Crippen molar-refractivity contribution in [2.75, 3.05) is 6.61 Å². The number of nitrogens with zero attached hydrogens (tertiary/aromatic N) is 3. The third kappa shape index (κ3) is 3.99. The molecule has 0 saturated carbocycles. The summed E-state index contributed by atoms with van der Waals surface area (Å²) in [4.78, 5) is 11.3. The summed E-state index contributed by atoms with van der Waals surface area (Å²) >= 11 is 4.65. The fraction of sp³-hybridized carbons (Fsp3) is 0.125. The zero-order chi connectivity index (χ0) is 17.8. The van der Waals surface area contributed by atoms with Crippen molar-refractivity contribution >= 4 is 33.4 Å². The number of rotatable bonds is 6. The van der Waals surface area contributed by atoms with Gasteiger partial charge in [-0.15, -0.1) is 10.2 Å². The zero-order valence-electron chi connectivity index (χ0n) is 13.0. The molecule has 9 heteroatoms. The largest absolute Gasteiger partial charge is 0.487 e. The first-order valence-corrected chi connectivity index (χ1v) is 8.87. The molecule has 0 aliphatic rings. The van der Waals surface area contributed by atoms with E-state index >= 15 is 0 Å². The van der Waals surface area contributed by atoms with Crippen molar-refractivity contribution < 1.29 is 14.1 Å². The van der Waals surface area contributed by atoms with Crippen molar-refractivity contribution in [1.29, 1.82) is 0 Å². The average molecular weight is 422 g/mol. The van der Waals surface area contributed by atoms with Crippen LogP contribution in [0.4, 0.5) is 5.69 Å². The van der Waals surface area contributed by atoms with E-state index in [2.05, 4.69) is 26.1 Å². The molecule has 0 N–H and O–H groups in total. The summed E-state index contributed by atoms with van der Waals surface area (Å²) < 4.78 is 11.9. The minimum absolute atomic E-state index is 0.0781. The number of aromatic nitrogens is 2.